The van der Waals surface area contributed by atoms with Crippen LogP contribution < -0.4 is 0 Å². The van der Waals surface area contributed by atoms with E-state index < -0.39 is 27.9 Å². The van der Waals surface area contributed by atoms with E-state index in [1.165, 1.54) is 6.08 Å². The molecule has 0 atom stereocenters. The maximum Gasteiger partial charge on any atom is 0.235 e. The summed E-state index contributed by atoms with van der Waals surface area (Å²) in [7, 11) is 0. The van der Waals surface area contributed by atoms with Crippen LogP contribution in [0.2, 0.25) is 5.02 Å². The SMILES string of the molecule is O=C=NC1(c2c(O)c(F)cc(Cl)c2F)CC1. The number of isocyanates is 1. The van der Waals surface area contributed by atoms with Gasteiger partial charge in [-0.2, -0.15) is 4.99 Å². The number of nitrogens with zero attached hydrogens (tertiary/aromatic N) is 1. The zero-order valence-electron chi connectivity index (χ0n) is 7.93. The smallest absolute Gasteiger partial charge is 0.235 e. The molecule has 0 saturated heterocycles. The first kappa shape index (κ1) is 11.0. The quantitative estimate of drug-likeness (QED) is 0.495. The lowest BCUT2D eigenvalue weighted by Gasteiger charge is -2.13. The monoisotopic (exact) mass is 245 g/mol. The molecule has 0 unspecified atom stereocenters. The number of hydrogen-bond donors (Lipinski definition) is 1. The summed E-state index contributed by atoms with van der Waals surface area (Å²) < 4.78 is 26.8. The summed E-state index contributed by atoms with van der Waals surface area (Å²) in [5.41, 5.74) is -1.55. The second-order valence-corrected chi connectivity index (χ2v) is 4.02. The molecule has 0 heterocycles. The Labute approximate surface area is 94.4 Å². The van der Waals surface area contributed by atoms with Crippen LogP contribution in [0.15, 0.2) is 11.1 Å². The van der Waals surface area contributed by atoms with E-state index >= 15 is 0 Å². The van der Waals surface area contributed by atoms with Crippen molar-refractivity contribution in [2.45, 2.75) is 18.4 Å². The normalized spacial score (nSPS) is 16.7. The van der Waals surface area contributed by atoms with Gasteiger partial charge < -0.3 is 5.11 Å². The van der Waals surface area contributed by atoms with Crippen molar-refractivity contribution in [3.63, 3.8) is 0 Å². The number of aliphatic imine (C=N–C) groups is 1. The summed E-state index contributed by atoms with van der Waals surface area (Å²) >= 11 is 5.46. The van der Waals surface area contributed by atoms with Crippen molar-refractivity contribution < 1.29 is 18.7 Å². The number of phenols is 1. The van der Waals surface area contributed by atoms with Gasteiger partial charge in [-0.25, -0.2) is 13.6 Å². The third-order valence-corrected chi connectivity index (χ3v) is 2.87. The van der Waals surface area contributed by atoms with Crippen LogP contribution in [0.3, 0.4) is 0 Å². The highest BCUT2D eigenvalue weighted by Gasteiger charge is 2.49. The van der Waals surface area contributed by atoms with Gasteiger partial charge in [0.15, 0.2) is 17.4 Å². The molecule has 0 amide bonds. The molecule has 1 saturated carbocycles. The lowest BCUT2D eigenvalue weighted by atomic mass is 10.0. The third kappa shape index (κ3) is 1.49. The lowest BCUT2D eigenvalue weighted by Crippen LogP contribution is -2.07. The number of benzene rings is 1. The predicted molar refractivity (Wildman–Crippen MR) is 52.1 cm³/mol. The number of carbonyl (C=O) groups excluding carboxylic acids is 1. The van der Waals surface area contributed by atoms with Gasteiger partial charge in [0.25, 0.3) is 0 Å². The molecule has 0 radical (unpaired) electrons. The summed E-state index contributed by atoms with van der Waals surface area (Å²) in [6.07, 6.45) is 2.00. The van der Waals surface area contributed by atoms with Gasteiger partial charge in [0.05, 0.1) is 10.6 Å². The fourth-order valence-corrected chi connectivity index (χ4v) is 1.82. The Kier molecular flexibility index (Phi) is 2.45. The molecule has 1 fully saturated rings. The van der Waals surface area contributed by atoms with Crippen molar-refractivity contribution >= 4 is 17.7 Å². The molecule has 0 spiro atoms. The average molecular weight is 246 g/mol. The zero-order chi connectivity index (χ0) is 11.9. The van der Waals surface area contributed by atoms with E-state index in [9.17, 15) is 18.7 Å². The maximum absolute atomic E-state index is 13.7. The minimum absolute atomic E-state index is 0.354. The van der Waals surface area contributed by atoms with E-state index in [1.54, 1.807) is 0 Å². The minimum Gasteiger partial charge on any atom is -0.504 e. The largest absolute Gasteiger partial charge is 0.504 e. The number of phenolic OH excluding ortho intramolecular Hbond substituents is 1. The molecule has 6 heteroatoms. The molecule has 0 aromatic heterocycles. The van der Waals surface area contributed by atoms with E-state index in [2.05, 4.69) is 4.99 Å². The van der Waals surface area contributed by atoms with Crippen molar-refractivity contribution in [2.75, 3.05) is 0 Å². The summed E-state index contributed by atoms with van der Waals surface area (Å²) in [5, 5.41) is 9.00. The predicted octanol–water partition coefficient (Wildman–Crippen LogP) is 2.65. The standard InChI is InChI=1S/C10H6ClF2NO2/c11-5-3-6(12)9(16)7(8(5)13)10(1-2-10)14-4-15/h3,16H,1-2H2. The van der Waals surface area contributed by atoms with Crippen LogP contribution in [-0.4, -0.2) is 11.2 Å². The molecular weight excluding hydrogens is 240 g/mol. The van der Waals surface area contributed by atoms with E-state index in [0.717, 1.165) is 0 Å². The summed E-state index contributed by atoms with van der Waals surface area (Å²) in [6.45, 7) is 0. The number of hydrogen-bond acceptors (Lipinski definition) is 3. The van der Waals surface area contributed by atoms with Gasteiger partial charge in [0.2, 0.25) is 6.08 Å². The van der Waals surface area contributed by atoms with Crippen LogP contribution >= 0.6 is 11.6 Å². The van der Waals surface area contributed by atoms with Gasteiger partial charge in [-0.15, -0.1) is 0 Å². The van der Waals surface area contributed by atoms with Gasteiger partial charge in [-0.1, -0.05) is 11.6 Å². The minimum atomic E-state index is -1.19. The second-order valence-electron chi connectivity index (χ2n) is 3.61. The van der Waals surface area contributed by atoms with Crippen LogP contribution in [0.1, 0.15) is 18.4 Å². The van der Waals surface area contributed by atoms with Gasteiger partial charge in [0, 0.05) is 0 Å². The van der Waals surface area contributed by atoms with Crippen molar-refractivity contribution in [3.8, 4) is 5.75 Å². The Balaban J connectivity index is 2.69. The molecule has 0 bridgehead atoms. The molecule has 2 rings (SSSR count). The fourth-order valence-electron chi connectivity index (χ4n) is 1.63. The van der Waals surface area contributed by atoms with Gasteiger partial charge in [-0.3, -0.25) is 0 Å². The Morgan fingerprint density at radius 2 is 2.12 bits per heavy atom. The van der Waals surface area contributed by atoms with Gasteiger partial charge >= 0.3 is 0 Å². The molecule has 1 aromatic carbocycles. The summed E-state index contributed by atoms with van der Waals surface area (Å²) in [5.74, 6) is -2.83. The molecule has 1 aliphatic rings. The lowest BCUT2D eigenvalue weighted by molar-refractivity contribution is 0.408. The molecule has 1 aliphatic carbocycles. The molecular formula is C10H6ClF2NO2. The van der Waals surface area contributed by atoms with Crippen molar-refractivity contribution in [1.29, 1.82) is 0 Å². The van der Waals surface area contributed by atoms with Crippen LogP contribution in [0.4, 0.5) is 8.78 Å². The first-order valence-corrected chi connectivity index (χ1v) is 4.85. The Morgan fingerprint density at radius 3 is 2.62 bits per heavy atom. The van der Waals surface area contributed by atoms with Gasteiger partial charge in [-0.05, 0) is 18.9 Å². The number of halogens is 3. The van der Waals surface area contributed by atoms with E-state index in [0.29, 0.717) is 18.9 Å². The topological polar surface area (TPSA) is 49.7 Å². The van der Waals surface area contributed by atoms with Crippen molar-refractivity contribution in [3.05, 3.63) is 28.3 Å². The zero-order valence-corrected chi connectivity index (χ0v) is 8.68. The Bertz CT molecular complexity index is 482. The second kappa shape index (κ2) is 3.54. The Hall–Kier alpha value is -1.45. The fraction of sp³-hybridized carbons (Fsp3) is 0.300. The van der Waals surface area contributed by atoms with Crippen LogP contribution in [-0.2, 0) is 10.3 Å². The third-order valence-electron chi connectivity index (χ3n) is 2.59. The molecule has 0 aliphatic heterocycles. The summed E-state index contributed by atoms with van der Waals surface area (Å²) in [4.78, 5) is 13.6. The van der Waals surface area contributed by atoms with Crippen LogP contribution in [0, 0.1) is 11.6 Å². The van der Waals surface area contributed by atoms with E-state index in [-0.39, 0.29) is 5.56 Å². The number of rotatable bonds is 2. The first-order valence-electron chi connectivity index (χ1n) is 4.48. The molecule has 3 nitrogen and oxygen atoms in total. The highest BCUT2D eigenvalue weighted by molar-refractivity contribution is 6.30. The summed E-state index contributed by atoms with van der Waals surface area (Å²) in [6, 6.07) is 0.677. The van der Waals surface area contributed by atoms with Gasteiger partial charge in [0.1, 0.15) is 5.54 Å². The average Bonchev–Trinajstić information content (AvgIpc) is 2.97. The van der Waals surface area contributed by atoms with E-state index in [1.807, 2.05) is 0 Å². The first-order chi connectivity index (χ1) is 7.52. The highest BCUT2D eigenvalue weighted by atomic mass is 35.5. The maximum atomic E-state index is 13.7. The molecule has 16 heavy (non-hydrogen) atoms. The molecule has 1 N–H and O–H groups in total. The number of aromatic hydroxyl groups is 1. The molecule has 84 valence electrons. The Morgan fingerprint density at radius 1 is 1.50 bits per heavy atom. The van der Waals surface area contributed by atoms with Crippen molar-refractivity contribution in [1.82, 2.24) is 0 Å². The van der Waals surface area contributed by atoms with E-state index in [4.69, 9.17) is 11.6 Å². The highest BCUT2D eigenvalue weighted by Crippen LogP contribution is 2.54. The van der Waals surface area contributed by atoms with Crippen LogP contribution in [0.25, 0.3) is 0 Å². The molecule has 1 aromatic rings. The van der Waals surface area contributed by atoms with Crippen LogP contribution in [0.5, 0.6) is 5.75 Å². The van der Waals surface area contributed by atoms with Crippen molar-refractivity contribution in [2.24, 2.45) is 4.99 Å².